The van der Waals surface area contributed by atoms with Crippen LogP contribution >= 0.6 is 11.3 Å². The lowest BCUT2D eigenvalue weighted by Gasteiger charge is -2.46. The Labute approximate surface area is 130 Å². The molecule has 2 aliphatic carbocycles. The second-order valence-electron chi connectivity index (χ2n) is 7.12. The van der Waals surface area contributed by atoms with Gasteiger partial charge in [-0.3, -0.25) is 4.79 Å². The van der Waals surface area contributed by atoms with Gasteiger partial charge in [0.15, 0.2) is 0 Å². The summed E-state index contributed by atoms with van der Waals surface area (Å²) in [6.07, 6.45) is 7.04. The van der Waals surface area contributed by atoms with Gasteiger partial charge < -0.3 is 10.0 Å². The van der Waals surface area contributed by atoms with Crippen molar-refractivity contribution in [2.75, 3.05) is 13.1 Å². The molecule has 1 saturated carbocycles. The second kappa shape index (κ2) is 4.82. The molecule has 3 aliphatic rings. The number of nitrogens with zero attached hydrogens (tertiary/aromatic N) is 1. The average Bonchev–Trinajstić information content (AvgIpc) is 3.22. The molecule has 4 heteroatoms. The highest BCUT2D eigenvalue weighted by Gasteiger charge is 2.53. The van der Waals surface area contributed by atoms with Gasteiger partial charge in [-0.05, 0) is 55.6 Å². The number of carbonyl (C=O) groups excluding carboxylic acids is 1. The number of amides is 1. The molecule has 1 unspecified atom stereocenters. The number of aryl methyl sites for hydroxylation is 1. The van der Waals surface area contributed by atoms with E-state index in [-0.39, 0.29) is 5.91 Å². The number of hydrogen-bond donors (Lipinski definition) is 1. The van der Waals surface area contributed by atoms with E-state index in [1.807, 2.05) is 4.90 Å². The van der Waals surface area contributed by atoms with E-state index >= 15 is 0 Å². The van der Waals surface area contributed by atoms with Gasteiger partial charge in [0, 0.05) is 4.88 Å². The smallest absolute Gasteiger partial charge is 0.264 e. The van der Waals surface area contributed by atoms with Gasteiger partial charge in [-0.2, -0.15) is 0 Å². The van der Waals surface area contributed by atoms with E-state index in [0.717, 1.165) is 36.5 Å². The number of thiophene rings is 1. The van der Waals surface area contributed by atoms with Crippen molar-refractivity contribution >= 4 is 17.2 Å². The third kappa shape index (κ3) is 2.33. The zero-order valence-electron chi connectivity index (χ0n) is 12.6. The van der Waals surface area contributed by atoms with Crippen molar-refractivity contribution in [3.63, 3.8) is 0 Å². The van der Waals surface area contributed by atoms with Crippen molar-refractivity contribution in [2.24, 2.45) is 11.8 Å². The van der Waals surface area contributed by atoms with Crippen molar-refractivity contribution in [3.8, 4) is 0 Å². The summed E-state index contributed by atoms with van der Waals surface area (Å²) in [5.74, 6) is 1.37. The van der Waals surface area contributed by atoms with Crippen LogP contribution in [0.4, 0.5) is 0 Å². The van der Waals surface area contributed by atoms with Gasteiger partial charge in [-0.1, -0.05) is 13.3 Å². The Balaban J connectivity index is 1.45. The molecule has 4 rings (SSSR count). The lowest BCUT2D eigenvalue weighted by Crippen LogP contribution is -2.64. The van der Waals surface area contributed by atoms with Gasteiger partial charge >= 0.3 is 0 Å². The monoisotopic (exact) mass is 305 g/mol. The maximum Gasteiger partial charge on any atom is 0.264 e. The van der Waals surface area contributed by atoms with E-state index in [2.05, 4.69) is 13.0 Å². The van der Waals surface area contributed by atoms with Crippen LogP contribution in [-0.4, -0.2) is 34.6 Å². The Hall–Kier alpha value is -0.870. The van der Waals surface area contributed by atoms with Gasteiger partial charge in [-0.15, -0.1) is 11.3 Å². The molecule has 0 radical (unpaired) electrons. The fourth-order valence-electron chi connectivity index (χ4n) is 3.85. The second-order valence-corrected chi connectivity index (χ2v) is 8.25. The van der Waals surface area contributed by atoms with Crippen molar-refractivity contribution in [3.05, 3.63) is 21.4 Å². The highest BCUT2D eigenvalue weighted by molar-refractivity contribution is 7.14. The predicted molar refractivity (Wildman–Crippen MR) is 83.7 cm³/mol. The minimum absolute atomic E-state index is 0.132. The molecule has 1 aliphatic heterocycles. The van der Waals surface area contributed by atoms with Gasteiger partial charge in [0.1, 0.15) is 5.60 Å². The van der Waals surface area contributed by atoms with Gasteiger partial charge in [-0.25, -0.2) is 0 Å². The third-order valence-electron chi connectivity index (χ3n) is 5.53. The van der Waals surface area contributed by atoms with Crippen LogP contribution in [0.3, 0.4) is 0 Å². The minimum atomic E-state index is -0.570. The molecule has 1 N–H and O–H groups in total. The first kappa shape index (κ1) is 13.8. The summed E-state index contributed by atoms with van der Waals surface area (Å²) in [6, 6.07) is 2.12. The zero-order chi connectivity index (χ0) is 14.6. The molecule has 0 aromatic carbocycles. The first-order chi connectivity index (χ1) is 10.1. The lowest BCUT2D eigenvalue weighted by molar-refractivity contribution is -0.0956. The van der Waals surface area contributed by atoms with Crippen molar-refractivity contribution < 1.29 is 9.90 Å². The molecule has 1 aromatic rings. The minimum Gasteiger partial charge on any atom is -0.386 e. The standard InChI is InChI=1S/C17H23NO2S/c1-2-11-3-6-14-12(7-11)8-15(21-14)16(19)18-9-17(20,10-18)13-4-5-13/h8,11,13,20H,2-7,9-10H2,1H3. The average molecular weight is 305 g/mol. The normalized spacial score (nSPS) is 27.1. The van der Waals surface area contributed by atoms with E-state index in [4.69, 9.17) is 0 Å². The van der Waals surface area contributed by atoms with E-state index in [1.54, 1.807) is 11.3 Å². The summed E-state index contributed by atoms with van der Waals surface area (Å²) in [5, 5.41) is 10.4. The van der Waals surface area contributed by atoms with Crippen LogP contribution in [0.15, 0.2) is 6.07 Å². The molecule has 114 valence electrons. The zero-order valence-corrected chi connectivity index (χ0v) is 13.4. The summed E-state index contributed by atoms with van der Waals surface area (Å²) in [4.78, 5) is 16.7. The maximum absolute atomic E-state index is 12.6. The SMILES string of the molecule is CCC1CCc2sc(C(=O)N3CC(O)(C4CC4)C3)cc2C1. The Morgan fingerprint density at radius 1 is 1.43 bits per heavy atom. The van der Waals surface area contributed by atoms with E-state index in [1.165, 1.54) is 23.3 Å². The first-order valence-electron chi connectivity index (χ1n) is 8.22. The number of rotatable bonds is 3. The number of carbonyl (C=O) groups is 1. The summed E-state index contributed by atoms with van der Waals surface area (Å²) < 4.78 is 0. The molecule has 2 fully saturated rings. The van der Waals surface area contributed by atoms with Crippen molar-refractivity contribution in [2.45, 2.75) is 51.0 Å². The summed E-state index contributed by atoms with van der Waals surface area (Å²) in [5.41, 5.74) is 0.833. The van der Waals surface area contributed by atoms with Crippen LogP contribution in [0.5, 0.6) is 0 Å². The molecule has 1 saturated heterocycles. The number of likely N-dealkylation sites (tertiary alicyclic amines) is 1. The van der Waals surface area contributed by atoms with Crippen molar-refractivity contribution in [1.82, 2.24) is 4.90 Å². The molecule has 0 spiro atoms. The van der Waals surface area contributed by atoms with Crippen LogP contribution in [0, 0.1) is 11.8 Å². The number of hydrogen-bond acceptors (Lipinski definition) is 3. The van der Waals surface area contributed by atoms with Crippen molar-refractivity contribution in [1.29, 1.82) is 0 Å². The first-order valence-corrected chi connectivity index (χ1v) is 9.04. The molecule has 2 heterocycles. The number of β-amino-alcohol motifs (C(OH)–C–C–N with tert-alkyl or cyclic N) is 1. The maximum atomic E-state index is 12.6. The molecule has 1 atom stereocenters. The molecule has 0 bridgehead atoms. The molecule has 1 amide bonds. The fraction of sp³-hybridized carbons (Fsp3) is 0.706. The van der Waals surface area contributed by atoms with Crippen LogP contribution in [0.2, 0.25) is 0 Å². The van der Waals surface area contributed by atoms with Gasteiger partial charge in [0.05, 0.1) is 18.0 Å². The molecule has 3 nitrogen and oxygen atoms in total. The van der Waals surface area contributed by atoms with Gasteiger partial charge in [0.25, 0.3) is 5.91 Å². The van der Waals surface area contributed by atoms with Crippen LogP contribution in [0.1, 0.15) is 52.7 Å². The van der Waals surface area contributed by atoms with Crippen LogP contribution in [-0.2, 0) is 12.8 Å². The molecular formula is C17H23NO2S. The molecule has 21 heavy (non-hydrogen) atoms. The quantitative estimate of drug-likeness (QED) is 0.933. The van der Waals surface area contributed by atoms with Gasteiger partial charge in [0.2, 0.25) is 0 Å². The summed E-state index contributed by atoms with van der Waals surface area (Å²) >= 11 is 1.68. The summed E-state index contributed by atoms with van der Waals surface area (Å²) in [7, 11) is 0. The van der Waals surface area contributed by atoms with E-state index in [0.29, 0.717) is 19.0 Å². The molecule has 1 aromatic heterocycles. The molecular weight excluding hydrogens is 282 g/mol. The largest absolute Gasteiger partial charge is 0.386 e. The Kier molecular flexibility index (Phi) is 3.16. The Bertz CT molecular complexity index is 569. The van der Waals surface area contributed by atoms with E-state index < -0.39 is 5.60 Å². The third-order valence-corrected chi connectivity index (χ3v) is 6.75. The summed E-state index contributed by atoms with van der Waals surface area (Å²) in [6.45, 7) is 3.33. The highest BCUT2D eigenvalue weighted by Crippen LogP contribution is 2.45. The van der Waals surface area contributed by atoms with Crippen LogP contribution in [0.25, 0.3) is 0 Å². The Morgan fingerprint density at radius 3 is 2.86 bits per heavy atom. The van der Waals surface area contributed by atoms with Crippen LogP contribution < -0.4 is 0 Å². The fourth-order valence-corrected chi connectivity index (χ4v) is 5.02. The highest BCUT2D eigenvalue weighted by atomic mass is 32.1. The number of aliphatic hydroxyl groups is 1. The van der Waals surface area contributed by atoms with E-state index in [9.17, 15) is 9.90 Å². The topological polar surface area (TPSA) is 40.5 Å². The number of fused-ring (bicyclic) bond motifs is 1. The Morgan fingerprint density at radius 2 is 2.19 bits per heavy atom. The predicted octanol–water partition coefficient (Wildman–Crippen LogP) is 2.86. The lowest BCUT2D eigenvalue weighted by atomic mass is 9.86.